The quantitative estimate of drug-likeness (QED) is 0.264. The van der Waals surface area contributed by atoms with Gasteiger partial charge in [0.05, 0.1) is 6.10 Å². The molecule has 6 heteroatoms. The molecule has 0 aliphatic heterocycles. The van der Waals surface area contributed by atoms with Gasteiger partial charge in [0.15, 0.2) is 5.11 Å². The summed E-state index contributed by atoms with van der Waals surface area (Å²) in [6.07, 6.45) is 8.68. The number of nitrogens with one attached hydrogen (secondary N) is 2. The third-order valence-electron chi connectivity index (χ3n) is 3.92. The molecule has 0 saturated heterocycles. The van der Waals surface area contributed by atoms with E-state index in [1.165, 1.54) is 6.42 Å². The maximum Gasteiger partial charge on any atom is 0.303 e. The largest absolute Gasteiger partial charge is 0.481 e. The molecule has 5 nitrogen and oxygen atoms in total. The van der Waals surface area contributed by atoms with Crippen LogP contribution in [-0.4, -0.2) is 40.5 Å². The van der Waals surface area contributed by atoms with Crippen LogP contribution in [-0.2, 0) is 4.79 Å². The molecule has 0 rings (SSSR count). The summed E-state index contributed by atoms with van der Waals surface area (Å²) >= 11 is 5.20. The van der Waals surface area contributed by atoms with Gasteiger partial charge in [-0.3, -0.25) is 4.79 Å². The van der Waals surface area contributed by atoms with Crippen LogP contribution in [0.1, 0.15) is 78.1 Å². The van der Waals surface area contributed by atoms with Gasteiger partial charge in [0.2, 0.25) is 0 Å². The fourth-order valence-corrected chi connectivity index (χ4v) is 2.67. The van der Waals surface area contributed by atoms with Gasteiger partial charge in [-0.1, -0.05) is 39.5 Å². The SMILES string of the molecule is CC(C)CCCC(O)CCCNC(=S)NCCCCCCC(=O)O. The van der Waals surface area contributed by atoms with Crippen molar-refractivity contribution in [2.24, 2.45) is 5.92 Å². The molecule has 0 fully saturated rings. The third kappa shape index (κ3) is 17.5. The van der Waals surface area contributed by atoms with Crippen LogP contribution in [0.3, 0.4) is 0 Å². The van der Waals surface area contributed by atoms with Crippen LogP contribution < -0.4 is 10.6 Å². The zero-order valence-corrected chi connectivity index (χ0v) is 16.2. The van der Waals surface area contributed by atoms with Crippen molar-refractivity contribution in [3.63, 3.8) is 0 Å². The van der Waals surface area contributed by atoms with E-state index in [2.05, 4.69) is 24.5 Å². The van der Waals surface area contributed by atoms with Gasteiger partial charge in [-0.2, -0.15) is 0 Å². The van der Waals surface area contributed by atoms with Crippen LogP contribution in [0.15, 0.2) is 0 Å². The van der Waals surface area contributed by atoms with Gasteiger partial charge in [0.1, 0.15) is 0 Å². The fourth-order valence-electron chi connectivity index (χ4n) is 2.46. The first-order valence-corrected chi connectivity index (χ1v) is 9.74. The standard InChI is InChI=1S/C18H36N2O3S/c1-15(2)9-7-10-16(21)11-8-14-20-18(24)19-13-6-4-3-5-12-17(22)23/h15-16,21H,3-14H2,1-2H3,(H,22,23)(H2,19,20,24). The molecule has 1 unspecified atom stereocenters. The summed E-state index contributed by atoms with van der Waals surface area (Å²) in [6.45, 7) is 6.02. The van der Waals surface area contributed by atoms with E-state index in [4.69, 9.17) is 17.3 Å². The Kier molecular flexibility index (Phi) is 15.1. The van der Waals surface area contributed by atoms with Gasteiger partial charge in [0.25, 0.3) is 0 Å². The molecule has 0 amide bonds. The van der Waals surface area contributed by atoms with E-state index in [9.17, 15) is 9.90 Å². The van der Waals surface area contributed by atoms with Gasteiger partial charge in [-0.05, 0) is 50.2 Å². The Morgan fingerprint density at radius 1 is 0.917 bits per heavy atom. The van der Waals surface area contributed by atoms with Gasteiger partial charge in [-0.15, -0.1) is 0 Å². The number of carboxylic acids is 1. The second-order valence-corrected chi connectivity index (χ2v) is 7.27. The molecule has 0 aliphatic rings. The normalized spacial score (nSPS) is 12.2. The number of aliphatic hydroxyl groups is 1. The molecule has 4 N–H and O–H groups in total. The summed E-state index contributed by atoms with van der Waals surface area (Å²) in [5.74, 6) is -0.0111. The highest BCUT2D eigenvalue weighted by Crippen LogP contribution is 2.11. The summed E-state index contributed by atoms with van der Waals surface area (Å²) in [5, 5.41) is 25.4. The zero-order chi connectivity index (χ0) is 18.2. The summed E-state index contributed by atoms with van der Waals surface area (Å²) in [5.41, 5.74) is 0. The molecule has 0 spiro atoms. The van der Waals surface area contributed by atoms with E-state index >= 15 is 0 Å². The van der Waals surface area contributed by atoms with E-state index in [0.29, 0.717) is 11.0 Å². The van der Waals surface area contributed by atoms with Gasteiger partial charge in [0, 0.05) is 19.5 Å². The molecular formula is C18H36N2O3S. The van der Waals surface area contributed by atoms with Crippen LogP contribution in [0.25, 0.3) is 0 Å². The van der Waals surface area contributed by atoms with Crippen molar-refractivity contribution in [1.29, 1.82) is 0 Å². The first-order chi connectivity index (χ1) is 11.4. The molecule has 142 valence electrons. The topological polar surface area (TPSA) is 81.6 Å². The maximum atomic E-state index is 10.4. The van der Waals surface area contributed by atoms with Crippen molar-refractivity contribution < 1.29 is 15.0 Å². The first-order valence-electron chi connectivity index (χ1n) is 9.33. The Hall–Kier alpha value is -0.880. The first kappa shape index (κ1) is 23.1. The molecule has 24 heavy (non-hydrogen) atoms. The number of aliphatic carboxylic acids is 1. The van der Waals surface area contributed by atoms with Crippen LogP contribution in [0.5, 0.6) is 0 Å². The smallest absolute Gasteiger partial charge is 0.303 e. The van der Waals surface area contributed by atoms with E-state index in [-0.39, 0.29) is 12.5 Å². The lowest BCUT2D eigenvalue weighted by molar-refractivity contribution is -0.137. The molecular weight excluding hydrogens is 324 g/mol. The Labute approximate surface area is 152 Å². The van der Waals surface area contributed by atoms with Crippen molar-refractivity contribution in [3.05, 3.63) is 0 Å². The minimum Gasteiger partial charge on any atom is -0.481 e. The molecule has 0 aromatic carbocycles. The number of hydrogen-bond donors (Lipinski definition) is 4. The number of rotatable bonds is 15. The average Bonchev–Trinajstić information content (AvgIpc) is 2.50. The maximum absolute atomic E-state index is 10.4. The Morgan fingerprint density at radius 3 is 2.12 bits per heavy atom. The number of carboxylic acid groups (broad SMARTS) is 1. The van der Waals surface area contributed by atoms with Crippen molar-refractivity contribution in [2.45, 2.75) is 84.2 Å². The van der Waals surface area contributed by atoms with Gasteiger partial charge >= 0.3 is 5.97 Å². The molecule has 1 atom stereocenters. The van der Waals surface area contributed by atoms with Crippen LogP contribution >= 0.6 is 12.2 Å². The number of unbranched alkanes of at least 4 members (excludes halogenated alkanes) is 3. The molecule has 0 aliphatic carbocycles. The molecule has 0 saturated carbocycles. The Balaban J connectivity index is 3.36. The van der Waals surface area contributed by atoms with Crippen molar-refractivity contribution >= 4 is 23.3 Å². The lowest BCUT2D eigenvalue weighted by Crippen LogP contribution is -2.36. The number of thiocarbonyl (C=S) groups is 1. The highest BCUT2D eigenvalue weighted by Gasteiger charge is 2.05. The van der Waals surface area contributed by atoms with Crippen LogP contribution in [0.2, 0.25) is 0 Å². The van der Waals surface area contributed by atoms with Crippen molar-refractivity contribution in [3.8, 4) is 0 Å². The third-order valence-corrected chi connectivity index (χ3v) is 4.21. The molecule has 0 heterocycles. The minimum absolute atomic E-state index is 0.196. The molecule has 0 aromatic heterocycles. The van der Waals surface area contributed by atoms with Crippen LogP contribution in [0.4, 0.5) is 0 Å². The highest BCUT2D eigenvalue weighted by molar-refractivity contribution is 7.80. The average molecular weight is 361 g/mol. The van der Waals surface area contributed by atoms with Gasteiger partial charge < -0.3 is 20.8 Å². The monoisotopic (exact) mass is 360 g/mol. The molecule has 0 radical (unpaired) electrons. The van der Waals surface area contributed by atoms with E-state index in [1.807, 2.05) is 0 Å². The Bertz CT molecular complexity index is 338. The lowest BCUT2D eigenvalue weighted by atomic mass is 10.0. The van der Waals surface area contributed by atoms with E-state index in [0.717, 1.165) is 64.5 Å². The zero-order valence-electron chi connectivity index (χ0n) is 15.4. The summed E-state index contributed by atoms with van der Waals surface area (Å²) in [6, 6.07) is 0. The highest BCUT2D eigenvalue weighted by atomic mass is 32.1. The summed E-state index contributed by atoms with van der Waals surface area (Å²) in [4.78, 5) is 10.4. The second kappa shape index (κ2) is 15.6. The summed E-state index contributed by atoms with van der Waals surface area (Å²) in [7, 11) is 0. The number of carbonyl (C=O) groups is 1. The predicted molar refractivity (Wildman–Crippen MR) is 103 cm³/mol. The Morgan fingerprint density at radius 2 is 1.50 bits per heavy atom. The predicted octanol–water partition coefficient (Wildman–Crippen LogP) is 3.45. The second-order valence-electron chi connectivity index (χ2n) is 6.86. The molecule has 0 aromatic rings. The molecule has 0 bridgehead atoms. The number of aliphatic hydroxyl groups excluding tert-OH is 1. The lowest BCUT2D eigenvalue weighted by Gasteiger charge is -2.13. The van der Waals surface area contributed by atoms with Crippen molar-refractivity contribution in [1.82, 2.24) is 10.6 Å². The van der Waals surface area contributed by atoms with Crippen molar-refractivity contribution in [2.75, 3.05) is 13.1 Å². The van der Waals surface area contributed by atoms with E-state index in [1.54, 1.807) is 0 Å². The van der Waals surface area contributed by atoms with Gasteiger partial charge in [-0.25, -0.2) is 0 Å². The summed E-state index contributed by atoms with van der Waals surface area (Å²) < 4.78 is 0. The minimum atomic E-state index is -0.719. The number of hydrogen-bond acceptors (Lipinski definition) is 3. The van der Waals surface area contributed by atoms with E-state index < -0.39 is 5.97 Å². The van der Waals surface area contributed by atoms with Crippen LogP contribution in [0, 0.1) is 5.92 Å². The fraction of sp³-hybridized carbons (Fsp3) is 0.889.